The molecule has 0 saturated carbocycles. The summed E-state index contributed by atoms with van der Waals surface area (Å²) in [6, 6.07) is 2.62. The molecule has 16 heavy (non-hydrogen) atoms. The highest BCUT2D eigenvalue weighted by Crippen LogP contribution is 2.25. The molecule has 0 unspecified atom stereocenters. The summed E-state index contributed by atoms with van der Waals surface area (Å²) in [5.74, 6) is -0.0398. The van der Waals surface area contributed by atoms with Gasteiger partial charge in [-0.05, 0) is 6.07 Å². The van der Waals surface area contributed by atoms with Crippen molar-refractivity contribution < 1.29 is 26.8 Å². The van der Waals surface area contributed by atoms with Crippen LogP contribution in [0.2, 0.25) is 0 Å². The van der Waals surface area contributed by atoms with Gasteiger partial charge >= 0.3 is 6.18 Å². The van der Waals surface area contributed by atoms with Crippen molar-refractivity contribution >= 4 is 0 Å². The lowest BCUT2D eigenvalue weighted by molar-refractivity contribution is -0.156. The Morgan fingerprint density at radius 3 is 2.75 bits per heavy atom. The molecule has 2 aromatic rings. The van der Waals surface area contributed by atoms with Gasteiger partial charge in [-0.3, -0.25) is 0 Å². The van der Waals surface area contributed by atoms with Crippen LogP contribution in [0.1, 0.15) is 0 Å². The van der Waals surface area contributed by atoms with Gasteiger partial charge in [0, 0.05) is 6.07 Å². The minimum atomic E-state index is -4.41. The second-order valence-electron chi connectivity index (χ2n) is 2.77. The van der Waals surface area contributed by atoms with Crippen molar-refractivity contribution in [3.05, 3.63) is 18.5 Å². The third-order valence-electron chi connectivity index (χ3n) is 1.53. The first-order valence-electron chi connectivity index (χ1n) is 4.11. The van der Waals surface area contributed by atoms with E-state index in [-0.39, 0.29) is 17.6 Å². The normalized spacial score (nSPS) is 11.7. The van der Waals surface area contributed by atoms with E-state index >= 15 is 0 Å². The maximum absolute atomic E-state index is 11.8. The molecule has 0 fully saturated rings. The van der Waals surface area contributed by atoms with Crippen LogP contribution in [0.4, 0.5) is 13.2 Å². The van der Waals surface area contributed by atoms with Gasteiger partial charge in [0.1, 0.15) is 0 Å². The van der Waals surface area contributed by atoms with Crippen LogP contribution in [0.5, 0.6) is 5.95 Å². The van der Waals surface area contributed by atoms with Crippen molar-refractivity contribution in [2.24, 2.45) is 0 Å². The standard InChI is InChI=1S/C8H5F3N2O3/c9-8(10,11)3-14-6-2-1-5(15-6)7-12-4-13-16-7/h1-2,4H,3H2. The van der Waals surface area contributed by atoms with Crippen molar-refractivity contribution in [1.29, 1.82) is 0 Å². The van der Waals surface area contributed by atoms with Gasteiger partial charge in [0.05, 0.1) is 0 Å². The lowest BCUT2D eigenvalue weighted by Crippen LogP contribution is -2.18. The molecule has 0 N–H and O–H groups in total. The topological polar surface area (TPSA) is 61.3 Å². The molecule has 5 nitrogen and oxygen atoms in total. The van der Waals surface area contributed by atoms with Gasteiger partial charge in [0.15, 0.2) is 18.7 Å². The zero-order valence-corrected chi connectivity index (χ0v) is 7.69. The van der Waals surface area contributed by atoms with Crippen molar-refractivity contribution in [3.8, 4) is 17.6 Å². The number of nitrogens with zero attached hydrogens (tertiary/aromatic N) is 2. The second kappa shape index (κ2) is 3.87. The van der Waals surface area contributed by atoms with Crippen LogP contribution in [0.15, 0.2) is 27.4 Å². The van der Waals surface area contributed by atoms with Crippen molar-refractivity contribution in [2.45, 2.75) is 6.18 Å². The molecule has 0 spiro atoms. The fraction of sp³-hybridized carbons (Fsp3) is 0.250. The Labute approximate surface area is 86.8 Å². The summed E-state index contributed by atoms with van der Waals surface area (Å²) in [5, 5.41) is 3.33. The van der Waals surface area contributed by atoms with Gasteiger partial charge in [-0.1, -0.05) is 5.16 Å². The van der Waals surface area contributed by atoms with Gasteiger partial charge in [-0.25, -0.2) is 0 Å². The monoisotopic (exact) mass is 234 g/mol. The Morgan fingerprint density at radius 2 is 2.12 bits per heavy atom. The zero-order chi connectivity index (χ0) is 11.6. The number of rotatable bonds is 3. The number of alkyl halides is 3. The molecule has 0 aliphatic carbocycles. The van der Waals surface area contributed by atoms with Gasteiger partial charge in [0.2, 0.25) is 0 Å². The zero-order valence-electron chi connectivity index (χ0n) is 7.69. The Balaban J connectivity index is 2.03. The highest BCUT2D eigenvalue weighted by molar-refractivity contribution is 5.44. The van der Waals surface area contributed by atoms with Crippen LogP contribution in [0, 0.1) is 0 Å². The molecular weight excluding hydrogens is 229 g/mol. The Bertz CT molecular complexity index is 449. The van der Waals surface area contributed by atoms with E-state index in [0.717, 1.165) is 6.33 Å². The van der Waals surface area contributed by atoms with Gasteiger partial charge < -0.3 is 13.7 Å². The molecule has 0 amide bonds. The van der Waals surface area contributed by atoms with E-state index in [1.165, 1.54) is 12.1 Å². The molecule has 0 aliphatic heterocycles. The largest absolute Gasteiger partial charge is 0.455 e. The highest BCUT2D eigenvalue weighted by atomic mass is 19.4. The average molecular weight is 234 g/mol. The molecule has 0 saturated heterocycles. The van der Waals surface area contributed by atoms with Gasteiger partial charge in [-0.15, -0.1) is 0 Å². The molecular formula is C8H5F3N2O3. The highest BCUT2D eigenvalue weighted by Gasteiger charge is 2.29. The van der Waals surface area contributed by atoms with Crippen molar-refractivity contribution in [1.82, 2.24) is 10.1 Å². The van der Waals surface area contributed by atoms with Crippen LogP contribution >= 0.6 is 0 Å². The Kier molecular flexibility index (Phi) is 2.55. The van der Waals surface area contributed by atoms with E-state index in [4.69, 9.17) is 4.42 Å². The number of ether oxygens (including phenoxy) is 1. The molecule has 0 atom stereocenters. The summed E-state index contributed by atoms with van der Waals surface area (Å²) in [6.45, 7) is -1.41. The number of halogens is 3. The molecule has 2 aromatic heterocycles. The first kappa shape index (κ1) is 10.5. The van der Waals surface area contributed by atoms with Crippen LogP contribution < -0.4 is 4.74 Å². The van der Waals surface area contributed by atoms with E-state index in [2.05, 4.69) is 19.4 Å². The number of furan rings is 1. The molecule has 2 rings (SSSR count). The molecule has 0 aromatic carbocycles. The Morgan fingerprint density at radius 1 is 1.31 bits per heavy atom. The number of hydrogen-bond donors (Lipinski definition) is 0. The first-order valence-corrected chi connectivity index (χ1v) is 4.11. The van der Waals surface area contributed by atoms with Crippen LogP contribution in [-0.2, 0) is 0 Å². The third kappa shape index (κ3) is 2.53. The maximum atomic E-state index is 11.8. The van der Waals surface area contributed by atoms with Crippen LogP contribution in [-0.4, -0.2) is 22.9 Å². The smallest absolute Gasteiger partial charge is 0.422 e. The molecule has 2 heterocycles. The lowest BCUT2D eigenvalue weighted by Gasteiger charge is -2.05. The summed E-state index contributed by atoms with van der Waals surface area (Å²) < 4.78 is 49.4. The minimum Gasteiger partial charge on any atom is -0.455 e. The SMILES string of the molecule is FC(F)(F)COc1ccc(-c2ncno2)o1. The number of aromatic nitrogens is 2. The first-order chi connectivity index (χ1) is 7.54. The lowest BCUT2D eigenvalue weighted by atomic mass is 10.4. The summed E-state index contributed by atoms with van der Waals surface area (Å²) in [5.41, 5.74) is 0. The van der Waals surface area contributed by atoms with E-state index in [0.29, 0.717) is 0 Å². The molecule has 0 aliphatic rings. The molecule has 0 radical (unpaired) electrons. The summed E-state index contributed by atoms with van der Waals surface area (Å²) in [4.78, 5) is 3.66. The average Bonchev–Trinajstić information content (AvgIpc) is 2.84. The predicted molar refractivity (Wildman–Crippen MR) is 43.6 cm³/mol. The summed E-state index contributed by atoms with van der Waals surface area (Å²) in [7, 11) is 0. The van der Waals surface area contributed by atoms with E-state index in [9.17, 15) is 13.2 Å². The third-order valence-corrected chi connectivity index (χ3v) is 1.53. The predicted octanol–water partition coefficient (Wildman–Crippen LogP) is 2.27. The van der Waals surface area contributed by atoms with E-state index < -0.39 is 12.8 Å². The Hall–Kier alpha value is -1.99. The molecule has 8 heteroatoms. The number of hydrogen-bond acceptors (Lipinski definition) is 5. The fourth-order valence-corrected chi connectivity index (χ4v) is 0.947. The second-order valence-corrected chi connectivity index (χ2v) is 2.77. The van der Waals surface area contributed by atoms with E-state index in [1.54, 1.807) is 0 Å². The van der Waals surface area contributed by atoms with Crippen molar-refractivity contribution in [3.63, 3.8) is 0 Å². The quantitative estimate of drug-likeness (QED) is 0.815. The maximum Gasteiger partial charge on any atom is 0.422 e. The van der Waals surface area contributed by atoms with Gasteiger partial charge in [-0.2, -0.15) is 18.2 Å². The summed E-state index contributed by atoms with van der Waals surface area (Å²) in [6.07, 6.45) is -3.26. The summed E-state index contributed by atoms with van der Waals surface area (Å²) >= 11 is 0. The van der Waals surface area contributed by atoms with Crippen molar-refractivity contribution in [2.75, 3.05) is 6.61 Å². The molecule has 86 valence electrons. The minimum absolute atomic E-state index is 0.0712. The van der Waals surface area contributed by atoms with Gasteiger partial charge in [0.25, 0.3) is 11.8 Å². The van der Waals surface area contributed by atoms with Crippen LogP contribution in [0.3, 0.4) is 0 Å². The molecule has 0 bridgehead atoms. The fourth-order valence-electron chi connectivity index (χ4n) is 0.947. The van der Waals surface area contributed by atoms with Crippen LogP contribution in [0.25, 0.3) is 11.7 Å². The van der Waals surface area contributed by atoms with E-state index in [1.807, 2.05) is 0 Å².